The number of piperazine rings is 1. The first-order chi connectivity index (χ1) is 11.4. The summed E-state index contributed by atoms with van der Waals surface area (Å²) in [6, 6.07) is 13.7. The Bertz CT molecular complexity index is 752. The molecule has 4 rings (SSSR count). The van der Waals surface area contributed by atoms with Crippen molar-refractivity contribution < 1.29 is 9.47 Å². The number of hydrogen-bond acceptors (Lipinski definition) is 5. The number of aliphatic imine (C=N–C) groups is 1. The normalized spacial score (nSPS) is 16.6. The third-order valence-electron chi connectivity index (χ3n) is 4.16. The number of benzene rings is 2. The van der Waals surface area contributed by atoms with Gasteiger partial charge in [0, 0.05) is 26.2 Å². The summed E-state index contributed by atoms with van der Waals surface area (Å²) in [7, 11) is 1.68. The van der Waals surface area contributed by atoms with E-state index in [-0.39, 0.29) is 0 Å². The summed E-state index contributed by atoms with van der Waals surface area (Å²) in [6.07, 6.45) is 0. The molecule has 2 aliphatic rings. The zero-order chi connectivity index (χ0) is 15.6. The van der Waals surface area contributed by atoms with E-state index < -0.39 is 0 Å². The summed E-state index contributed by atoms with van der Waals surface area (Å²) in [4.78, 5) is 7.22. The summed E-state index contributed by atoms with van der Waals surface area (Å²) in [5.74, 6) is 3.26. The van der Waals surface area contributed by atoms with Crippen LogP contribution in [0, 0.1) is 0 Å². The van der Waals surface area contributed by atoms with Crippen molar-refractivity contribution in [2.75, 3.05) is 33.3 Å². The van der Waals surface area contributed by atoms with E-state index in [1.807, 2.05) is 42.5 Å². The van der Waals surface area contributed by atoms with Crippen molar-refractivity contribution in [1.82, 2.24) is 10.2 Å². The lowest BCUT2D eigenvalue weighted by atomic mass is 10.1. The molecule has 2 aromatic rings. The van der Waals surface area contributed by atoms with Crippen LogP contribution >= 0.6 is 0 Å². The maximum Gasteiger partial charge on any atom is 0.153 e. The van der Waals surface area contributed by atoms with E-state index >= 15 is 0 Å². The van der Waals surface area contributed by atoms with Crippen LogP contribution in [0.1, 0.15) is 5.56 Å². The van der Waals surface area contributed by atoms with E-state index in [1.165, 1.54) is 0 Å². The first-order valence-electron chi connectivity index (χ1n) is 7.85. The first kappa shape index (κ1) is 14.1. The summed E-state index contributed by atoms with van der Waals surface area (Å²) in [5, 5.41) is 3.38. The topological polar surface area (TPSA) is 46.1 Å². The lowest BCUT2D eigenvalue weighted by Gasteiger charge is -2.31. The highest BCUT2D eigenvalue weighted by Gasteiger charge is 2.26. The molecule has 0 spiro atoms. The van der Waals surface area contributed by atoms with Gasteiger partial charge < -0.3 is 19.7 Å². The van der Waals surface area contributed by atoms with Crippen LogP contribution in [0.3, 0.4) is 0 Å². The number of ether oxygens (including phenoxy) is 2. The van der Waals surface area contributed by atoms with Gasteiger partial charge in [0.05, 0.1) is 7.11 Å². The SMILES string of the molecule is COc1cccc2c1C(N1CCNCC1)=Nc1ccccc1O2. The van der Waals surface area contributed by atoms with Crippen LogP contribution in [0.5, 0.6) is 17.2 Å². The van der Waals surface area contributed by atoms with Gasteiger partial charge in [0.2, 0.25) is 0 Å². The van der Waals surface area contributed by atoms with Crippen LogP contribution in [0.4, 0.5) is 5.69 Å². The zero-order valence-corrected chi connectivity index (χ0v) is 13.1. The summed E-state index contributed by atoms with van der Waals surface area (Å²) in [5.41, 5.74) is 1.77. The van der Waals surface area contributed by atoms with E-state index in [0.29, 0.717) is 0 Å². The van der Waals surface area contributed by atoms with Crippen molar-refractivity contribution in [1.29, 1.82) is 0 Å². The van der Waals surface area contributed by atoms with Crippen LogP contribution in [0.25, 0.3) is 0 Å². The Hall–Kier alpha value is -2.53. The van der Waals surface area contributed by atoms with Crippen LogP contribution in [0.2, 0.25) is 0 Å². The molecule has 0 radical (unpaired) electrons. The molecule has 5 heteroatoms. The largest absolute Gasteiger partial charge is 0.496 e. The lowest BCUT2D eigenvalue weighted by molar-refractivity contribution is 0.354. The molecule has 2 heterocycles. The molecule has 0 bridgehead atoms. The van der Waals surface area contributed by atoms with Gasteiger partial charge in [0.1, 0.15) is 28.6 Å². The average molecular weight is 309 g/mol. The molecule has 118 valence electrons. The first-order valence-corrected chi connectivity index (χ1v) is 7.85. The number of fused-ring (bicyclic) bond motifs is 2. The van der Waals surface area contributed by atoms with Crippen molar-refractivity contribution in [2.24, 2.45) is 4.99 Å². The Morgan fingerprint density at radius 2 is 1.83 bits per heavy atom. The molecule has 5 nitrogen and oxygen atoms in total. The molecule has 2 aliphatic heterocycles. The van der Waals surface area contributed by atoms with Gasteiger partial charge in [-0.2, -0.15) is 0 Å². The number of hydrogen-bond donors (Lipinski definition) is 1. The zero-order valence-electron chi connectivity index (χ0n) is 13.1. The predicted molar refractivity (Wildman–Crippen MR) is 90.1 cm³/mol. The molecule has 2 aromatic carbocycles. The molecular weight excluding hydrogens is 290 g/mol. The molecular formula is C18H19N3O2. The van der Waals surface area contributed by atoms with Crippen molar-refractivity contribution >= 4 is 11.5 Å². The van der Waals surface area contributed by atoms with Gasteiger partial charge in [0.25, 0.3) is 0 Å². The molecule has 0 saturated carbocycles. The summed E-state index contributed by atoms with van der Waals surface area (Å²) in [6.45, 7) is 3.73. The molecule has 0 aromatic heterocycles. The van der Waals surface area contributed by atoms with Crippen molar-refractivity contribution in [3.8, 4) is 17.2 Å². The number of nitrogens with zero attached hydrogens (tertiary/aromatic N) is 2. The highest BCUT2D eigenvalue weighted by Crippen LogP contribution is 2.41. The van der Waals surface area contributed by atoms with Gasteiger partial charge in [-0.05, 0) is 24.3 Å². The molecule has 0 unspecified atom stereocenters. The number of para-hydroxylation sites is 2. The van der Waals surface area contributed by atoms with Gasteiger partial charge in [-0.3, -0.25) is 0 Å². The predicted octanol–water partition coefficient (Wildman–Crippen LogP) is 2.78. The Labute approximate surface area is 135 Å². The second-order valence-electron chi connectivity index (χ2n) is 5.58. The maximum absolute atomic E-state index is 6.13. The second-order valence-corrected chi connectivity index (χ2v) is 5.58. The van der Waals surface area contributed by atoms with E-state index in [9.17, 15) is 0 Å². The molecule has 0 atom stereocenters. The molecule has 1 saturated heterocycles. The average Bonchev–Trinajstić information content (AvgIpc) is 2.78. The third kappa shape index (κ3) is 2.53. The van der Waals surface area contributed by atoms with Crippen LogP contribution in [-0.2, 0) is 0 Å². The molecule has 0 amide bonds. The highest BCUT2D eigenvalue weighted by molar-refractivity contribution is 6.06. The lowest BCUT2D eigenvalue weighted by Crippen LogP contribution is -2.46. The minimum Gasteiger partial charge on any atom is -0.496 e. The van der Waals surface area contributed by atoms with E-state index in [0.717, 1.165) is 60.5 Å². The molecule has 0 aliphatic carbocycles. The fourth-order valence-corrected chi connectivity index (χ4v) is 3.02. The number of rotatable bonds is 1. The van der Waals surface area contributed by atoms with E-state index in [4.69, 9.17) is 14.5 Å². The standard InChI is InChI=1S/C18H19N3O2/c1-22-15-7-4-8-16-17(15)18(21-11-9-19-10-12-21)20-13-5-2-3-6-14(13)23-16/h2-8,19H,9-12H2,1H3. The van der Waals surface area contributed by atoms with Crippen LogP contribution in [-0.4, -0.2) is 44.0 Å². The second kappa shape index (κ2) is 5.93. The fourth-order valence-electron chi connectivity index (χ4n) is 3.02. The number of nitrogens with one attached hydrogen (secondary N) is 1. The Balaban J connectivity index is 1.91. The van der Waals surface area contributed by atoms with Crippen molar-refractivity contribution in [2.45, 2.75) is 0 Å². The Kier molecular flexibility index (Phi) is 3.63. The summed E-state index contributed by atoms with van der Waals surface area (Å²) >= 11 is 0. The van der Waals surface area contributed by atoms with Crippen LogP contribution < -0.4 is 14.8 Å². The summed E-state index contributed by atoms with van der Waals surface area (Å²) < 4.78 is 11.7. The van der Waals surface area contributed by atoms with E-state index in [1.54, 1.807) is 7.11 Å². The van der Waals surface area contributed by atoms with Gasteiger partial charge in [-0.1, -0.05) is 18.2 Å². The molecule has 1 N–H and O–H groups in total. The fraction of sp³-hybridized carbons (Fsp3) is 0.278. The van der Waals surface area contributed by atoms with Gasteiger partial charge in [-0.15, -0.1) is 0 Å². The molecule has 1 fully saturated rings. The maximum atomic E-state index is 6.13. The van der Waals surface area contributed by atoms with E-state index in [2.05, 4.69) is 10.2 Å². The smallest absolute Gasteiger partial charge is 0.153 e. The van der Waals surface area contributed by atoms with Gasteiger partial charge in [-0.25, -0.2) is 4.99 Å². The number of amidine groups is 1. The van der Waals surface area contributed by atoms with Gasteiger partial charge in [0.15, 0.2) is 5.75 Å². The van der Waals surface area contributed by atoms with Crippen molar-refractivity contribution in [3.05, 3.63) is 48.0 Å². The highest BCUT2D eigenvalue weighted by atomic mass is 16.5. The molecule has 23 heavy (non-hydrogen) atoms. The van der Waals surface area contributed by atoms with Gasteiger partial charge >= 0.3 is 0 Å². The monoisotopic (exact) mass is 309 g/mol. The van der Waals surface area contributed by atoms with Crippen LogP contribution in [0.15, 0.2) is 47.5 Å². The minimum absolute atomic E-state index is 0.770. The number of methoxy groups -OCH3 is 1. The minimum atomic E-state index is 0.770. The Morgan fingerprint density at radius 1 is 1.04 bits per heavy atom. The third-order valence-corrected chi connectivity index (χ3v) is 4.16. The van der Waals surface area contributed by atoms with Crippen molar-refractivity contribution in [3.63, 3.8) is 0 Å². The Morgan fingerprint density at radius 3 is 2.65 bits per heavy atom. The quantitative estimate of drug-likeness (QED) is 0.880.